The van der Waals surface area contributed by atoms with Crippen LogP contribution in [-0.4, -0.2) is 23.2 Å². The number of phenols is 2. The molecule has 3 aromatic rings. The van der Waals surface area contributed by atoms with Crippen LogP contribution in [0.25, 0.3) is 22.3 Å². The number of para-hydroxylation sites is 1. The van der Waals surface area contributed by atoms with E-state index in [-0.39, 0.29) is 34.8 Å². The van der Waals surface area contributed by atoms with Gasteiger partial charge in [0.1, 0.15) is 5.58 Å². The molecule has 1 unspecified atom stereocenters. The fourth-order valence-corrected chi connectivity index (χ4v) is 2.96. The second-order valence-electron chi connectivity index (χ2n) is 5.22. The quantitative estimate of drug-likeness (QED) is 0.396. The molecule has 25 heavy (non-hydrogen) atoms. The van der Waals surface area contributed by atoms with Crippen molar-refractivity contribution in [1.29, 1.82) is 0 Å². The third-order valence-electron chi connectivity index (χ3n) is 3.57. The zero-order valence-electron chi connectivity index (χ0n) is 13.6. The third kappa shape index (κ3) is 3.60. The molecule has 0 aliphatic heterocycles. The second-order valence-corrected chi connectivity index (χ2v) is 6.22. The molecule has 0 saturated carbocycles. The minimum absolute atomic E-state index is 0.0657. The zero-order valence-corrected chi connectivity index (χ0v) is 14.7. The van der Waals surface area contributed by atoms with Crippen molar-refractivity contribution in [3.05, 3.63) is 52.7 Å². The van der Waals surface area contributed by atoms with Crippen LogP contribution < -0.4 is 10.2 Å². The Morgan fingerprint density at radius 1 is 1.12 bits per heavy atom. The van der Waals surface area contributed by atoms with Gasteiger partial charge in [-0.3, -0.25) is 4.79 Å². The molecule has 0 aliphatic carbocycles. The van der Waals surface area contributed by atoms with E-state index in [2.05, 4.69) is 0 Å². The van der Waals surface area contributed by atoms with E-state index < -0.39 is 8.81 Å². The summed E-state index contributed by atoms with van der Waals surface area (Å²) in [7, 11) is -0.407. The third-order valence-corrected chi connectivity index (χ3v) is 4.45. The van der Waals surface area contributed by atoms with Crippen LogP contribution in [0.2, 0.25) is 0 Å². The standard InChI is InChI=1S/C18H17O6P/c1-2-23-25-10-22-18-16(21)12-5-3-4-6-15(12)24-17(18)11-7-8-13(19)14(20)9-11/h3-9,19-20,25H,2,10H2,1H3/p+1. The molecule has 0 fully saturated rings. The summed E-state index contributed by atoms with van der Waals surface area (Å²) in [5.74, 6) is -0.291. The summed E-state index contributed by atoms with van der Waals surface area (Å²) in [5, 5.41) is 19.7. The van der Waals surface area contributed by atoms with Crippen molar-refractivity contribution in [2.24, 2.45) is 0 Å². The van der Waals surface area contributed by atoms with E-state index in [0.717, 1.165) is 0 Å². The number of benzene rings is 2. The van der Waals surface area contributed by atoms with Gasteiger partial charge < -0.3 is 19.4 Å². The first-order valence-corrected chi connectivity index (χ1v) is 9.05. The molecule has 0 bridgehead atoms. The van der Waals surface area contributed by atoms with Crippen LogP contribution in [0.1, 0.15) is 6.92 Å². The van der Waals surface area contributed by atoms with E-state index in [9.17, 15) is 15.0 Å². The molecular weight excluding hydrogens is 343 g/mol. The molecule has 1 aromatic heterocycles. The van der Waals surface area contributed by atoms with E-state index in [1.54, 1.807) is 30.3 Å². The summed E-state index contributed by atoms with van der Waals surface area (Å²) < 4.78 is 16.8. The minimum atomic E-state index is -0.407. The smallest absolute Gasteiger partial charge is 0.235 e. The maximum atomic E-state index is 12.8. The van der Waals surface area contributed by atoms with Gasteiger partial charge in [0.2, 0.25) is 17.5 Å². The van der Waals surface area contributed by atoms with Gasteiger partial charge in [0.05, 0.1) is 12.0 Å². The molecule has 2 N–H and O–H groups in total. The Morgan fingerprint density at radius 2 is 1.92 bits per heavy atom. The highest BCUT2D eigenvalue weighted by molar-refractivity contribution is 7.31. The lowest BCUT2D eigenvalue weighted by molar-refractivity contribution is 0.337. The lowest BCUT2D eigenvalue weighted by atomic mass is 10.1. The molecule has 2 aromatic carbocycles. The van der Waals surface area contributed by atoms with Gasteiger partial charge in [0.25, 0.3) is 0 Å². The van der Waals surface area contributed by atoms with E-state index in [4.69, 9.17) is 13.7 Å². The van der Waals surface area contributed by atoms with Gasteiger partial charge in [0, 0.05) is 5.56 Å². The predicted molar refractivity (Wildman–Crippen MR) is 98.1 cm³/mol. The molecule has 0 spiro atoms. The molecule has 0 amide bonds. The Balaban J connectivity index is 2.13. The van der Waals surface area contributed by atoms with Crippen molar-refractivity contribution in [2.45, 2.75) is 6.92 Å². The largest absolute Gasteiger partial charge is 0.504 e. The monoisotopic (exact) mass is 361 g/mol. The summed E-state index contributed by atoms with van der Waals surface area (Å²) in [6, 6.07) is 11.1. The van der Waals surface area contributed by atoms with Crippen molar-refractivity contribution >= 4 is 19.8 Å². The van der Waals surface area contributed by atoms with Gasteiger partial charge in [0.15, 0.2) is 26.1 Å². The van der Waals surface area contributed by atoms with Gasteiger partial charge in [-0.15, -0.1) is 0 Å². The number of phenolic OH excluding ortho intramolecular Hbond substituents is 2. The summed E-state index contributed by atoms with van der Waals surface area (Å²) in [6.07, 6.45) is 0.272. The molecular formula is C18H18O6P+. The van der Waals surface area contributed by atoms with Crippen LogP contribution in [0.3, 0.4) is 0 Å². The Morgan fingerprint density at radius 3 is 2.68 bits per heavy atom. The maximum absolute atomic E-state index is 12.8. The summed E-state index contributed by atoms with van der Waals surface area (Å²) in [6.45, 7) is 2.48. The van der Waals surface area contributed by atoms with E-state index in [0.29, 0.717) is 23.1 Å². The predicted octanol–water partition coefficient (Wildman–Crippen LogP) is 3.57. The Labute approximate surface area is 145 Å². The van der Waals surface area contributed by atoms with E-state index in [1.165, 1.54) is 12.1 Å². The molecule has 1 heterocycles. The Kier molecular flexibility index (Phi) is 5.22. The first-order valence-electron chi connectivity index (χ1n) is 7.76. The van der Waals surface area contributed by atoms with E-state index in [1.807, 2.05) is 6.92 Å². The van der Waals surface area contributed by atoms with Crippen molar-refractivity contribution in [3.63, 3.8) is 0 Å². The molecule has 0 saturated heterocycles. The van der Waals surface area contributed by atoms with Crippen molar-refractivity contribution in [2.75, 3.05) is 13.0 Å². The van der Waals surface area contributed by atoms with Gasteiger partial charge in [-0.1, -0.05) is 12.1 Å². The Hall–Kier alpha value is -2.56. The van der Waals surface area contributed by atoms with Crippen LogP contribution in [0.5, 0.6) is 17.2 Å². The van der Waals surface area contributed by atoms with Gasteiger partial charge in [-0.05, 0) is 37.3 Å². The number of hydrogen-bond acceptors (Lipinski definition) is 6. The number of hydrogen-bond donors (Lipinski definition) is 2. The van der Waals surface area contributed by atoms with Crippen LogP contribution in [0, 0.1) is 0 Å². The van der Waals surface area contributed by atoms with Crippen LogP contribution >= 0.6 is 8.81 Å². The highest BCUT2D eigenvalue weighted by Crippen LogP contribution is 2.36. The maximum Gasteiger partial charge on any atom is 0.235 e. The average molecular weight is 361 g/mol. The topological polar surface area (TPSA) is 89.1 Å². The SMILES string of the molecule is CCO[PH2+]COc1c(-c2ccc(O)c(O)c2)oc2ccccc2c1=O. The summed E-state index contributed by atoms with van der Waals surface area (Å²) in [5.41, 5.74) is 0.555. The molecule has 0 aliphatic rings. The minimum Gasteiger partial charge on any atom is -0.504 e. The van der Waals surface area contributed by atoms with Crippen LogP contribution in [0.4, 0.5) is 0 Å². The molecule has 3 rings (SSSR count). The van der Waals surface area contributed by atoms with Crippen LogP contribution in [0.15, 0.2) is 51.7 Å². The molecule has 0 radical (unpaired) electrons. The van der Waals surface area contributed by atoms with E-state index >= 15 is 0 Å². The number of rotatable bonds is 6. The second kappa shape index (κ2) is 7.55. The average Bonchev–Trinajstić information content (AvgIpc) is 2.62. The number of fused-ring (bicyclic) bond motifs is 1. The Bertz CT molecular complexity index is 950. The highest BCUT2D eigenvalue weighted by Gasteiger charge is 2.19. The molecule has 1 atom stereocenters. The number of aromatic hydroxyl groups is 2. The van der Waals surface area contributed by atoms with Gasteiger partial charge in [-0.2, -0.15) is 0 Å². The van der Waals surface area contributed by atoms with Crippen molar-refractivity contribution < 1.29 is 23.9 Å². The molecule has 130 valence electrons. The van der Waals surface area contributed by atoms with Gasteiger partial charge in [-0.25, -0.2) is 4.52 Å². The number of ether oxygens (including phenoxy) is 1. The fourth-order valence-electron chi connectivity index (χ4n) is 2.39. The molecule has 7 heteroatoms. The summed E-state index contributed by atoms with van der Waals surface area (Å²) >= 11 is 0. The first kappa shape index (κ1) is 17.3. The lowest BCUT2D eigenvalue weighted by Crippen LogP contribution is -2.09. The zero-order chi connectivity index (χ0) is 17.8. The lowest BCUT2D eigenvalue weighted by Gasteiger charge is -2.10. The normalized spacial score (nSPS) is 11.4. The van der Waals surface area contributed by atoms with Gasteiger partial charge >= 0.3 is 0 Å². The van der Waals surface area contributed by atoms with Crippen molar-refractivity contribution in [3.8, 4) is 28.6 Å². The van der Waals surface area contributed by atoms with Crippen molar-refractivity contribution in [1.82, 2.24) is 0 Å². The summed E-state index contributed by atoms with van der Waals surface area (Å²) in [4.78, 5) is 12.8. The first-order chi connectivity index (χ1) is 12.1. The van der Waals surface area contributed by atoms with Crippen LogP contribution in [-0.2, 0) is 4.52 Å². The highest BCUT2D eigenvalue weighted by atomic mass is 31.1. The molecule has 6 nitrogen and oxygen atoms in total. The fraction of sp³-hybridized carbons (Fsp3) is 0.167.